The smallest absolute Gasteiger partial charge is 0.0271 e. The molecule has 0 fully saturated rings. The summed E-state index contributed by atoms with van der Waals surface area (Å²) >= 11 is 0. The molecule has 1 aromatic rings. The lowest BCUT2D eigenvalue weighted by molar-refractivity contribution is 0.535. The SMILES string of the molecule is CC(C)CCCCCPc1ccccc1. The second kappa shape index (κ2) is 7.88. The normalized spacial score (nSPS) is 11.7. The van der Waals surface area contributed by atoms with Crippen LogP contribution in [0.5, 0.6) is 0 Å². The van der Waals surface area contributed by atoms with Gasteiger partial charge in [0, 0.05) is 0 Å². The Morgan fingerprint density at radius 1 is 1.00 bits per heavy atom. The molecule has 0 saturated carbocycles. The molecule has 84 valence electrons. The molecule has 1 atom stereocenters. The minimum atomic E-state index is 0.876. The van der Waals surface area contributed by atoms with Gasteiger partial charge in [0.2, 0.25) is 0 Å². The molecule has 0 nitrogen and oxygen atoms in total. The van der Waals surface area contributed by atoms with Gasteiger partial charge in [0.05, 0.1) is 0 Å². The fourth-order valence-electron chi connectivity index (χ4n) is 1.64. The van der Waals surface area contributed by atoms with E-state index in [1.54, 1.807) is 0 Å². The van der Waals surface area contributed by atoms with Crippen LogP contribution < -0.4 is 5.30 Å². The van der Waals surface area contributed by atoms with Gasteiger partial charge in [0.1, 0.15) is 0 Å². The highest BCUT2D eigenvalue weighted by atomic mass is 31.1. The number of rotatable bonds is 7. The zero-order valence-electron chi connectivity index (χ0n) is 10.00. The Hall–Kier alpha value is -0.350. The Labute approximate surface area is 96.3 Å². The molecular formula is C14H23P. The molecule has 0 aliphatic heterocycles. The molecule has 0 aromatic heterocycles. The standard InChI is InChI=1S/C14H23P/c1-13(2)9-5-4-8-12-15-14-10-6-3-7-11-14/h3,6-7,10-11,13,15H,4-5,8-9,12H2,1-2H3. The maximum atomic E-state index is 2.31. The van der Waals surface area contributed by atoms with E-state index < -0.39 is 0 Å². The third-order valence-electron chi connectivity index (χ3n) is 2.56. The topological polar surface area (TPSA) is 0 Å². The van der Waals surface area contributed by atoms with E-state index >= 15 is 0 Å². The number of unbranched alkanes of at least 4 members (excludes halogenated alkanes) is 2. The first-order chi connectivity index (χ1) is 7.29. The van der Waals surface area contributed by atoms with Gasteiger partial charge in [0.25, 0.3) is 0 Å². The van der Waals surface area contributed by atoms with Gasteiger partial charge in [-0.2, -0.15) is 0 Å². The van der Waals surface area contributed by atoms with E-state index in [1.165, 1.54) is 37.1 Å². The summed E-state index contributed by atoms with van der Waals surface area (Å²) in [7, 11) is 1.01. The van der Waals surface area contributed by atoms with E-state index in [4.69, 9.17) is 0 Å². The highest BCUT2D eigenvalue weighted by Gasteiger charge is 1.95. The van der Waals surface area contributed by atoms with Crippen molar-refractivity contribution in [2.75, 3.05) is 6.16 Å². The number of hydrogen-bond acceptors (Lipinski definition) is 0. The van der Waals surface area contributed by atoms with E-state index in [0.29, 0.717) is 0 Å². The quantitative estimate of drug-likeness (QED) is 0.479. The Morgan fingerprint density at radius 2 is 1.73 bits per heavy atom. The van der Waals surface area contributed by atoms with Gasteiger partial charge in [0.15, 0.2) is 0 Å². The van der Waals surface area contributed by atoms with Crippen LogP contribution in [0.15, 0.2) is 30.3 Å². The van der Waals surface area contributed by atoms with Crippen molar-refractivity contribution in [1.82, 2.24) is 0 Å². The van der Waals surface area contributed by atoms with Gasteiger partial charge < -0.3 is 0 Å². The first-order valence-corrected chi connectivity index (χ1v) is 7.28. The summed E-state index contributed by atoms with van der Waals surface area (Å²) in [6.07, 6.45) is 7.01. The highest BCUT2D eigenvalue weighted by molar-refractivity contribution is 7.47. The van der Waals surface area contributed by atoms with E-state index in [1.807, 2.05) is 0 Å². The first-order valence-electron chi connectivity index (χ1n) is 6.08. The molecule has 0 bridgehead atoms. The highest BCUT2D eigenvalue weighted by Crippen LogP contribution is 2.15. The Balaban J connectivity index is 1.98. The fourth-order valence-corrected chi connectivity index (χ4v) is 2.79. The van der Waals surface area contributed by atoms with Crippen LogP contribution in [0.25, 0.3) is 0 Å². The molecule has 1 aromatic carbocycles. The summed E-state index contributed by atoms with van der Waals surface area (Å²) in [6, 6.07) is 10.9. The van der Waals surface area contributed by atoms with Crippen LogP contribution in [-0.2, 0) is 0 Å². The number of benzene rings is 1. The lowest BCUT2D eigenvalue weighted by atomic mass is 10.1. The molecule has 15 heavy (non-hydrogen) atoms. The Kier molecular flexibility index (Phi) is 6.68. The Morgan fingerprint density at radius 3 is 2.40 bits per heavy atom. The molecule has 0 heterocycles. The van der Waals surface area contributed by atoms with Crippen LogP contribution in [-0.4, -0.2) is 6.16 Å². The summed E-state index contributed by atoms with van der Waals surface area (Å²) < 4.78 is 0. The summed E-state index contributed by atoms with van der Waals surface area (Å²) in [6.45, 7) is 4.62. The van der Waals surface area contributed by atoms with Crippen LogP contribution in [0.4, 0.5) is 0 Å². The summed E-state index contributed by atoms with van der Waals surface area (Å²) in [5.74, 6) is 0.876. The first kappa shape index (κ1) is 12.7. The van der Waals surface area contributed by atoms with Crippen LogP contribution in [0, 0.1) is 5.92 Å². The second-order valence-corrected chi connectivity index (χ2v) is 5.97. The molecule has 1 unspecified atom stereocenters. The predicted molar refractivity (Wildman–Crippen MR) is 72.6 cm³/mol. The van der Waals surface area contributed by atoms with Gasteiger partial charge in [-0.25, -0.2) is 0 Å². The largest absolute Gasteiger partial charge is 0.0904 e. The molecule has 0 aliphatic rings. The van der Waals surface area contributed by atoms with Crippen LogP contribution >= 0.6 is 8.58 Å². The van der Waals surface area contributed by atoms with Crippen LogP contribution in [0.1, 0.15) is 39.5 Å². The average Bonchev–Trinajstić information content (AvgIpc) is 2.24. The van der Waals surface area contributed by atoms with Crippen molar-refractivity contribution in [2.45, 2.75) is 39.5 Å². The zero-order valence-corrected chi connectivity index (χ0v) is 11.0. The fraction of sp³-hybridized carbons (Fsp3) is 0.571. The van der Waals surface area contributed by atoms with Crippen molar-refractivity contribution in [3.8, 4) is 0 Å². The van der Waals surface area contributed by atoms with Crippen LogP contribution in [0.3, 0.4) is 0 Å². The van der Waals surface area contributed by atoms with Crippen molar-refractivity contribution in [2.24, 2.45) is 5.92 Å². The van der Waals surface area contributed by atoms with Crippen molar-refractivity contribution < 1.29 is 0 Å². The predicted octanol–water partition coefficient (Wildman–Crippen LogP) is 4.21. The average molecular weight is 222 g/mol. The van der Waals surface area contributed by atoms with E-state index in [-0.39, 0.29) is 0 Å². The van der Waals surface area contributed by atoms with Gasteiger partial charge in [-0.05, 0) is 23.8 Å². The molecule has 1 heteroatoms. The van der Waals surface area contributed by atoms with Crippen molar-refractivity contribution in [3.63, 3.8) is 0 Å². The van der Waals surface area contributed by atoms with Gasteiger partial charge >= 0.3 is 0 Å². The zero-order chi connectivity index (χ0) is 10.9. The number of hydrogen-bond donors (Lipinski definition) is 0. The van der Waals surface area contributed by atoms with Gasteiger partial charge in [-0.15, -0.1) is 0 Å². The second-order valence-electron chi connectivity index (χ2n) is 4.54. The maximum Gasteiger partial charge on any atom is -0.0271 e. The molecule has 0 spiro atoms. The molecule has 0 N–H and O–H groups in total. The van der Waals surface area contributed by atoms with Crippen molar-refractivity contribution >= 4 is 13.9 Å². The lowest BCUT2D eigenvalue weighted by Crippen LogP contribution is -1.94. The van der Waals surface area contributed by atoms with E-state index in [2.05, 4.69) is 44.2 Å². The molecular weight excluding hydrogens is 199 g/mol. The molecule has 0 radical (unpaired) electrons. The third-order valence-corrected chi connectivity index (χ3v) is 3.91. The summed E-state index contributed by atoms with van der Waals surface area (Å²) in [5.41, 5.74) is 0. The molecule has 0 amide bonds. The van der Waals surface area contributed by atoms with E-state index in [0.717, 1.165) is 14.5 Å². The molecule has 0 aliphatic carbocycles. The Bertz CT molecular complexity index is 241. The van der Waals surface area contributed by atoms with E-state index in [9.17, 15) is 0 Å². The van der Waals surface area contributed by atoms with Crippen LogP contribution in [0.2, 0.25) is 0 Å². The maximum absolute atomic E-state index is 2.31. The monoisotopic (exact) mass is 222 g/mol. The minimum absolute atomic E-state index is 0.876. The van der Waals surface area contributed by atoms with Gasteiger partial charge in [-0.1, -0.05) is 72.0 Å². The third kappa shape index (κ3) is 6.68. The van der Waals surface area contributed by atoms with Crippen molar-refractivity contribution in [3.05, 3.63) is 30.3 Å². The minimum Gasteiger partial charge on any atom is -0.0904 e. The van der Waals surface area contributed by atoms with Gasteiger partial charge in [-0.3, -0.25) is 0 Å². The summed E-state index contributed by atoms with van der Waals surface area (Å²) in [5, 5.41) is 1.52. The summed E-state index contributed by atoms with van der Waals surface area (Å²) in [4.78, 5) is 0. The lowest BCUT2D eigenvalue weighted by Gasteiger charge is -2.04. The molecule has 1 rings (SSSR count). The van der Waals surface area contributed by atoms with Crippen molar-refractivity contribution in [1.29, 1.82) is 0 Å². The molecule has 0 saturated heterocycles.